The minimum absolute atomic E-state index is 0. The van der Waals surface area contributed by atoms with Crippen molar-refractivity contribution in [3.8, 4) is 11.5 Å². The van der Waals surface area contributed by atoms with Gasteiger partial charge >= 0.3 is 0 Å². The topological polar surface area (TPSA) is 51.0 Å². The van der Waals surface area contributed by atoms with Crippen LogP contribution in [0.1, 0.15) is 25.7 Å². The first-order valence-electron chi connectivity index (χ1n) is 7.17. The molecule has 21 heavy (non-hydrogen) atoms. The van der Waals surface area contributed by atoms with Crippen molar-refractivity contribution < 1.29 is 4.42 Å². The Morgan fingerprint density at radius 3 is 2.81 bits per heavy atom. The van der Waals surface area contributed by atoms with Crippen molar-refractivity contribution in [2.45, 2.75) is 36.9 Å². The van der Waals surface area contributed by atoms with Gasteiger partial charge in [0.2, 0.25) is 5.89 Å². The van der Waals surface area contributed by atoms with Crippen molar-refractivity contribution in [1.29, 1.82) is 0 Å². The highest BCUT2D eigenvalue weighted by molar-refractivity contribution is 7.99. The van der Waals surface area contributed by atoms with E-state index in [1.165, 1.54) is 19.3 Å². The number of aromatic nitrogens is 2. The largest absolute Gasteiger partial charge is 0.411 e. The summed E-state index contributed by atoms with van der Waals surface area (Å²) in [6.45, 7) is 1.16. The van der Waals surface area contributed by atoms with E-state index < -0.39 is 0 Å². The molecule has 1 aliphatic heterocycles. The predicted molar refractivity (Wildman–Crippen MR) is 88.0 cm³/mol. The zero-order chi connectivity index (χ0) is 13.6. The Bertz CT molecular complexity index is 529. The lowest BCUT2D eigenvalue weighted by atomic mass is 10.0. The van der Waals surface area contributed by atoms with Gasteiger partial charge in [0.25, 0.3) is 5.22 Å². The maximum atomic E-state index is 5.68. The van der Waals surface area contributed by atoms with Gasteiger partial charge in [0.15, 0.2) is 0 Å². The summed E-state index contributed by atoms with van der Waals surface area (Å²) >= 11 is 1.65. The fraction of sp³-hybridized carbons (Fsp3) is 0.467. The van der Waals surface area contributed by atoms with Crippen LogP contribution >= 0.6 is 24.2 Å². The molecule has 1 atom stereocenters. The molecule has 1 unspecified atom stereocenters. The van der Waals surface area contributed by atoms with Crippen molar-refractivity contribution in [3.05, 3.63) is 30.3 Å². The molecule has 1 aromatic heterocycles. The first-order chi connectivity index (χ1) is 9.92. The van der Waals surface area contributed by atoms with Gasteiger partial charge in [-0.3, -0.25) is 0 Å². The smallest absolute Gasteiger partial charge is 0.276 e. The molecule has 1 fully saturated rings. The molecular weight excluding hydrogens is 306 g/mol. The van der Waals surface area contributed by atoms with Gasteiger partial charge in [-0.2, -0.15) is 0 Å². The van der Waals surface area contributed by atoms with E-state index >= 15 is 0 Å². The summed E-state index contributed by atoms with van der Waals surface area (Å²) < 4.78 is 5.68. The number of nitrogens with one attached hydrogen (secondary N) is 1. The van der Waals surface area contributed by atoms with E-state index in [1.54, 1.807) is 11.8 Å². The monoisotopic (exact) mass is 325 g/mol. The Morgan fingerprint density at radius 1 is 1.19 bits per heavy atom. The highest BCUT2D eigenvalue weighted by Gasteiger charge is 2.13. The Labute approximate surface area is 135 Å². The van der Waals surface area contributed by atoms with Crippen LogP contribution in [0.5, 0.6) is 0 Å². The van der Waals surface area contributed by atoms with Crippen LogP contribution in [-0.4, -0.2) is 28.5 Å². The molecular formula is C15H20ClN3OS. The van der Waals surface area contributed by atoms with E-state index in [-0.39, 0.29) is 12.4 Å². The number of piperidine rings is 1. The van der Waals surface area contributed by atoms with E-state index in [9.17, 15) is 0 Å². The van der Waals surface area contributed by atoms with E-state index in [4.69, 9.17) is 4.42 Å². The predicted octanol–water partition coefficient (Wildman–Crippen LogP) is 3.78. The second-order valence-electron chi connectivity index (χ2n) is 5.02. The second kappa shape index (κ2) is 8.41. The number of nitrogens with zero attached hydrogens (tertiary/aromatic N) is 2. The van der Waals surface area contributed by atoms with Gasteiger partial charge in [-0.25, -0.2) is 0 Å². The molecule has 1 N–H and O–H groups in total. The number of halogens is 1. The lowest BCUT2D eigenvalue weighted by Crippen LogP contribution is -2.34. The fourth-order valence-corrected chi connectivity index (χ4v) is 3.24. The van der Waals surface area contributed by atoms with E-state index in [1.807, 2.05) is 30.3 Å². The third-order valence-corrected chi connectivity index (χ3v) is 4.38. The first kappa shape index (κ1) is 16.3. The summed E-state index contributed by atoms with van der Waals surface area (Å²) in [5.74, 6) is 1.62. The standard InChI is InChI=1S/C15H19N3OS.ClH/c1-2-6-12(7-3-1)14-17-18-15(19-14)20-11-9-13-8-4-5-10-16-13;/h1-3,6-7,13,16H,4-5,8-11H2;1H. The van der Waals surface area contributed by atoms with Crippen LogP contribution in [0.3, 0.4) is 0 Å². The molecule has 2 aromatic rings. The minimum Gasteiger partial charge on any atom is -0.411 e. The van der Waals surface area contributed by atoms with Gasteiger partial charge in [0.1, 0.15) is 0 Å². The SMILES string of the molecule is Cl.c1ccc(-c2nnc(SCCC3CCCCN3)o2)cc1. The lowest BCUT2D eigenvalue weighted by molar-refractivity contribution is 0.394. The van der Waals surface area contributed by atoms with Crippen molar-refractivity contribution >= 4 is 24.2 Å². The Balaban J connectivity index is 0.00000161. The molecule has 1 aromatic carbocycles. The van der Waals surface area contributed by atoms with Gasteiger partial charge < -0.3 is 9.73 Å². The average molecular weight is 326 g/mol. The van der Waals surface area contributed by atoms with Gasteiger partial charge in [0, 0.05) is 17.4 Å². The van der Waals surface area contributed by atoms with Crippen LogP contribution in [0.4, 0.5) is 0 Å². The van der Waals surface area contributed by atoms with Gasteiger partial charge in [-0.1, -0.05) is 36.4 Å². The summed E-state index contributed by atoms with van der Waals surface area (Å²) in [7, 11) is 0. The fourth-order valence-electron chi connectivity index (χ4n) is 2.42. The molecule has 1 saturated heterocycles. The van der Waals surface area contributed by atoms with Crippen molar-refractivity contribution in [2.75, 3.05) is 12.3 Å². The molecule has 0 bridgehead atoms. The third-order valence-electron chi connectivity index (χ3n) is 3.53. The van der Waals surface area contributed by atoms with E-state index in [2.05, 4.69) is 15.5 Å². The van der Waals surface area contributed by atoms with Crippen LogP contribution in [0.2, 0.25) is 0 Å². The highest BCUT2D eigenvalue weighted by atomic mass is 35.5. The second-order valence-corrected chi connectivity index (χ2v) is 6.07. The van der Waals surface area contributed by atoms with Crippen LogP contribution in [-0.2, 0) is 0 Å². The molecule has 4 nitrogen and oxygen atoms in total. The van der Waals surface area contributed by atoms with Gasteiger partial charge in [-0.05, 0) is 37.9 Å². The summed E-state index contributed by atoms with van der Waals surface area (Å²) in [6.07, 6.45) is 5.11. The molecule has 0 saturated carbocycles. The summed E-state index contributed by atoms with van der Waals surface area (Å²) in [5.41, 5.74) is 0.973. The van der Waals surface area contributed by atoms with Crippen LogP contribution in [0, 0.1) is 0 Å². The molecule has 2 heterocycles. The number of hydrogen-bond donors (Lipinski definition) is 1. The Hall–Kier alpha value is -1.04. The van der Waals surface area contributed by atoms with Crippen LogP contribution in [0.15, 0.2) is 40.0 Å². The first-order valence-corrected chi connectivity index (χ1v) is 8.15. The average Bonchev–Trinajstić information content (AvgIpc) is 2.98. The summed E-state index contributed by atoms with van der Waals surface area (Å²) in [5, 5.41) is 12.4. The molecule has 0 aliphatic carbocycles. The summed E-state index contributed by atoms with van der Waals surface area (Å²) in [4.78, 5) is 0. The maximum absolute atomic E-state index is 5.68. The highest BCUT2D eigenvalue weighted by Crippen LogP contribution is 2.24. The molecule has 1 aliphatic rings. The zero-order valence-electron chi connectivity index (χ0n) is 11.8. The quantitative estimate of drug-likeness (QED) is 0.848. The third kappa shape index (κ3) is 4.73. The van der Waals surface area contributed by atoms with Gasteiger partial charge in [0.05, 0.1) is 0 Å². The Morgan fingerprint density at radius 2 is 2.05 bits per heavy atom. The molecule has 0 spiro atoms. The molecule has 0 radical (unpaired) electrons. The Kier molecular flexibility index (Phi) is 6.54. The molecule has 0 amide bonds. The summed E-state index contributed by atoms with van der Waals surface area (Å²) in [6, 6.07) is 10.5. The lowest BCUT2D eigenvalue weighted by Gasteiger charge is -2.22. The number of rotatable bonds is 5. The van der Waals surface area contributed by atoms with E-state index in [0.29, 0.717) is 17.2 Å². The van der Waals surface area contributed by atoms with Crippen molar-refractivity contribution in [2.24, 2.45) is 0 Å². The maximum Gasteiger partial charge on any atom is 0.276 e. The number of thioether (sulfide) groups is 1. The van der Waals surface area contributed by atoms with E-state index in [0.717, 1.165) is 24.3 Å². The van der Waals surface area contributed by atoms with Crippen LogP contribution < -0.4 is 5.32 Å². The normalized spacial score (nSPS) is 18.2. The minimum atomic E-state index is 0. The van der Waals surface area contributed by atoms with Crippen molar-refractivity contribution in [1.82, 2.24) is 15.5 Å². The number of benzene rings is 1. The molecule has 114 valence electrons. The zero-order valence-corrected chi connectivity index (χ0v) is 13.5. The number of hydrogen-bond acceptors (Lipinski definition) is 5. The molecule has 3 rings (SSSR count). The van der Waals surface area contributed by atoms with Gasteiger partial charge in [-0.15, -0.1) is 22.6 Å². The van der Waals surface area contributed by atoms with Crippen molar-refractivity contribution in [3.63, 3.8) is 0 Å². The molecule has 6 heteroatoms. The van der Waals surface area contributed by atoms with Crippen LogP contribution in [0.25, 0.3) is 11.5 Å².